The molecular formula is C11H10N2OS2. The maximum atomic E-state index is 10.2. The normalized spacial score (nSPS) is 13.4. The predicted octanol–water partition coefficient (Wildman–Crippen LogP) is 2.78. The number of hydrogen-bond acceptors (Lipinski definition) is 4. The molecule has 3 aromatic heterocycles. The van der Waals surface area contributed by atoms with Crippen LogP contribution in [0.4, 0.5) is 0 Å². The Morgan fingerprint density at radius 2 is 2.25 bits per heavy atom. The van der Waals surface area contributed by atoms with Crippen LogP contribution >= 0.6 is 22.7 Å². The maximum absolute atomic E-state index is 10.2. The van der Waals surface area contributed by atoms with Crippen molar-refractivity contribution in [3.05, 3.63) is 40.3 Å². The number of aliphatic hydroxyl groups is 1. The summed E-state index contributed by atoms with van der Waals surface area (Å²) in [5, 5.41) is 16.4. The standard InChI is InChI=1S/C11H10N2OS2/c1-13-7(2-4-12-13)11(14)10-6-9-8(16-10)3-5-15-9/h2-6,11,14H,1H3. The van der Waals surface area contributed by atoms with Crippen molar-refractivity contribution in [1.82, 2.24) is 9.78 Å². The number of aliphatic hydroxyl groups excluding tert-OH is 1. The largest absolute Gasteiger partial charge is 0.381 e. The van der Waals surface area contributed by atoms with Crippen molar-refractivity contribution in [3.8, 4) is 0 Å². The zero-order valence-electron chi connectivity index (χ0n) is 8.62. The van der Waals surface area contributed by atoms with Crippen molar-refractivity contribution < 1.29 is 5.11 Å². The summed E-state index contributed by atoms with van der Waals surface area (Å²) < 4.78 is 4.18. The van der Waals surface area contributed by atoms with E-state index < -0.39 is 6.10 Å². The fourth-order valence-electron chi connectivity index (χ4n) is 1.72. The van der Waals surface area contributed by atoms with E-state index in [4.69, 9.17) is 0 Å². The lowest BCUT2D eigenvalue weighted by atomic mass is 10.2. The first-order chi connectivity index (χ1) is 7.75. The van der Waals surface area contributed by atoms with Crippen LogP contribution < -0.4 is 0 Å². The number of fused-ring (bicyclic) bond motifs is 1. The van der Waals surface area contributed by atoms with Gasteiger partial charge in [0.05, 0.1) is 5.69 Å². The summed E-state index contributed by atoms with van der Waals surface area (Å²) in [4.78, 5) is 0.977. The molecule has 0 aliphatic heterocycles. The van der Waals surface area contributed by atoms with E-state index in [2.05, 4.69) is 22.6 Å². The number of thiophene rings is 2. The summed E-state index contributed by atoms with van der Waals surface area (Å²) in [6.07, 6.45) is 1.13. The molecule has 0 fully saturated rings. The Morgan fingerprint density at radius 1 is 1.38 bits per heavy atom. The fraction of sp³-hybridized carbons (Fsp3) is 0.182. The number of rotatable bonds is 2. The van der Waals surface area contributed by atoms with Gasteiger partial charge in [0.2, 0.25) is 0 Å². The third kappa shape index (κ3) is 1.48. The minimum absolute atomic E-state index is 0.572. The number of nitrogens with zero attached hydrogens (tertiary/aromatic N) is 2. The fourth-order valence-corrected chi connectivity index (χ4v) is 3.84. The van der Waals surface area contributed by atoms with Crippen LogP contribution in [0.3, 0.4) is 0 Å². The smallest absolute Gasteiger partial charge is 0.130 e. The molecule has 16 heavy (non-hydrogen) atoms. The van der Waals surface area contributed by atoms with Gasteiger partial charge in [0, 0.05) is 27.5 Å². The van der Waals surface area contributed by atoms with Crippen LogP contribution in [0.5, 0.6) is 0 Å². The van der Waals surface area contributed by atoms with Gasteiger partial charge in [0.25, 0.3) is 0 Å². The molecule has 3 aromatic rings. The highest BCUT2D eigenvalue weighted by molar-refractivity contribution is 7.26. The highest BCUT2D eigenvalue weighted by atomic mass is 32.1. The number of aromatic nitrogens is 2. The lowest BCUT2D eigenvalue weighted by molar-refractivity contribution is 0.213. The van der Waals surface area contributed by atoms with Crippen molar-refractivity contribution in [2.24, 2.45) is 7.05 Å². The first-order valence-electron chi connectivity index (χ1n) is 4.88. The Balaban J connectivity index is 2.04. The molecule has 3 rings (SSSR count). The van der Waals surface area contributed by atoms with Gasteiger partial charge in [-0.2, -0.15) is 5.10 Å². The summed E-state index contributed by atoms with van der Waals surface area (Å²) in [6.45, 7) is 0. The SMILES string of the molecule is Cn1nccc1C(O)c1cc2sccc2s1. The minimum Gasteiger partial charge on any atom is -0.381 e. The highest BCUT2D eigenvalue weighted by Gasteiger charge is 2.16. The molecule has 0 spiro atoms. The van der Waals surface area contributed by atoms with E-state index in [1.807, 2.05) is 13.1 Å². The summed E-state index contributed by atoms with van der Waals surface area (Å²) in [7, 11) is 1.84. The third-order valence-corrected chi connectivity index (χ3v) is 4.71. The highest BCUT2D eigenvalue weighted by Crippen LogP contribution is 2.35. The van der Waals surface area contributed by atoms with Crippen LogP contribution in [0, 0.1) is 0 Å². The van der Waals surface area contributed by atoms with E-state index in [9.17, 15) is 5.11 Å². The topological polar surface area (TPSA) is 38.0 Å². The second-order valence-electron chi connectivity index (χ2n) is 3.58. The van der Waals surface area contributed by atoms with Gasteiger partial charge in [-0.15, -0.1) is 22.7 Å². The first-order valence-corrected chi connectivity index (χ1v) is 6.58. The van der Waals surface area contributed by atoms with Gasteiger partial charge >= 0.3 is 0 Å². The summed E-state index contributed by atoms with van der Waals surface area (Å²) >= 11 is 3.34. The predicted molar refractivity (Wildman–Crippen MR) is 67.0 cm³/mol. The first kappa shape index (κ1) is 10.0. The van der Waals surface area contributed by atoms with E-state index in [-0.39, 0.29) is 0 Å². The molecule has 5 heteroatoms. The molecule has 0 aliphatic carbocycles. The monoisotopic (exact) mass is 250 g/mol. The molecule has 0 amide bonds. The van der Waals surface area contributed by atoms with Gasteiger partial charge < -0.3 is 5.11 Å². The summed E-state index contributed by atoms with van der Waals surface area (Å²) in [5.41, 5.74) is 0.828. The Labute approximate surface area is 101 Å². The molecule has 1 unspecified atom stereocenters. The quantitative estimate of drug-likeness (QED) is 0.759. The molecular weight excluding hydrogens is 240 g/mol. The molecule has 0 aromatic carbocycles. The van der Waals surface area contributed by atoms with Crippen LogP contribution in [0.15, 0.2) is 29.8 Å². The van der Waals surface area contributed by atoms with Crippen LogP contribution in [0.1, 0.15) is 16.7 Å². The molecule has 0 radical (unpaired) electrons. The molecule has 1 N–H and O–H groups in total. The van der Waals surface area contributed by atoms with Crippen LogP contribution in [-0.2, 0) is 7.05 Å². The number of aryl methyl sites for hydroxylation is 1. The third-order valence-electron chi connectivity index (χ3n) is 2.57. The molecule has 0 aliphatic rings. The van der Waals surface area contributed by atoms with E-state index in [0.717, 1.165) is 10.6 Å². The molecule has 3 heterocycles. The Kier molecular flexibility index (Phi) is 2.31. The zero-order valence-corrected chi connectivity index (χ0v) is 10.3. The van der Waals surface area contributed by atoms with E-state index in [1.165, 1.54) is 9.40 Å². The van der Waals surface area contributed by atoms with Gasteiger partial charge in [0.15, 0.2) is 0 Å². The van der Waals surface area contributed by atoms with Gasteiger partial charge in [-0.25, -0.2) is 0 Å². The van der Waals surface area contributed by atoms with E-state index >= 15 is 0 Å². The molecule has 0 bridgehead atoms. The van der Waals surface area contributed by atoms with Crippen molar-refractivity contribution >= 4 is 32.1 Å². The maximum Gasteiger partial charge on any atom is 0.130 e. The molecule has 0 saturated carbocycles. The van der Waals surface area contributed by atoms with Gasteiger partial charge in [-0.1, -0.05) is 0 Å². The average Bonchev–Trinajstić information content (AvgIpc) is 2.89. The van der Waals surface area contributed by atoms with Gasteiger partial charge in [-0.3, -0.25) is 4.68 Å². The lowest BCUT2D eigenvalue weighted by Crippen LogP contribution is -2.04. The van der Waals surface area contributed by atoms with Crippen molar-refractivity contribution in [2.45, 2.75) is 6.10 Å². The Hall–Kier alpha value is -1.17. The molecule has 3 nitrogen and oxygen atoms in total. The second-order valence-corrected chi connectivity index (χ2v) is 5.64. The average molecular weight is 250 g/mol. The Morgan fingerprint density at radius 3 is 2.94 bits per heavy atom. The summed E-state index contributed by atoms with van der Waals surface area (Å²) in [5.74, 6) is 0. The lowest BCUT2D eigenvalue weighted by Gasteiger charge is -2.08. The Bertz CT molecular complexity index is 594. The van der Waals surface area contributed by atoms with Crippen LogP contribution in [0.25, 0.3) is 9.40 Å². The number of hydrogen-bond donors (Lipinski definition) is 1. The van der Waals surface area contributed by atoms with E-state index in [1.54, 1.807) is 33.6 Å². The zero-order chi connectivity index (χ0) is 11.1. The van der Waals surface area contributed by atoms with Crippen LogP contribution in [0.2, 0.25) is 0 Å². The summed E-state index contributed by atoms with van der Waals surface area (Å²) in [6, 6.07) is 5.99. The van der Waals surface area contributed by atoms with Gasteiger partial charge in [-0.05, 0) is 23.6 Å². The van der Waals surface area contributed by atoms with Crippen molar-refractivity contribution in [2.75, 3.05) is 0 Å². The van der Waals surface area contributed by atoms with Crippen molar-refractivity contribution in [3.63, 3.8) is 0 Å². The molecule has 0 saturated heterocycles. The minimum atomic E-state index is -0.572. The molecule has 1 atom stereocenters. The van der Waals surface area contributed by atoms with Crippen LogP contribution in [-0.4, -0.2) is 14.9 Å². The molecule has 82 valence electrons. The van der Waals surface area contributed by atoms with Crippen molar-refractivity contribution in [1.29, 1.82) is 0 Å². The second kappa shape index (κ2) is 3.69. The van der Waals surface area contributed by atoms with E-state index in [0.29, 0.717) is 0 Å². The van der Waals surface area contributed by atoms with Gasteiger partial charge in [0.1, 0.15) is 6.10 Å².